The molecule has 0 bridgehead atoms. The quantitative estimate of drug-likeness (QED) is 0.172. The number of aryl methyl sites for hydroxylation is 1. The van der Waals surface area contributed by atoms with Gasteiger partial charge in [0.05, 0.1) is 6.54 Å². The van der Waals surface area contributed by atoms with Crippen LogP contribution in [0.1, 0.15) is 98.1 Å². The van der Waals surface area contributed by atoms with Gasteiger partial charge in [-0.3, -0.25) is 0 Å². The summed E-state index contributed by atoms with van der Waals surface area (Å²) in [5.41, 5.74) is 9.63. The van der Waals surface area contributed by atoms with E-state index in [0.29, 0.717) is 0 Å². The molecule has 0 aliphatic carbocycles. The van der Waals surface area contributed by atoms with Gasteiger partial charge in [0.2, 0.25) is 0 Å². The molecule has 1 aromatic heterocycles. The zero-order chi connectivity index (χ0) is 29.2. The average molecular weight is 546 g/mol. The van der Waals surface area contributed by atoms with Gasteiger partial charge in [-0.25, -0.2) is 0 Å². The fourth-order valence-corrected chi connectivity index (χ4v) is 5.85. The molecule has 0 N–H and O–H groups in total. The van der Waals surface area contributed by atoms with Crippen molar-refractivity contribution in [1.29, 1.82) is 0 Å². The highest BCUT2D eigenvalue weighted by molar-refractivity contribution is 6.19. The Hall–Kier alpha value is -3.46. The predicted octanol–water partition coefficient (Wildman–Crippen LogP) is 10.9. The molecule has 5 aromatic rings. The molecular weight excluding hydrogens is 498 g/mol. The first-order valence-electron chi connectivity index (χ1n) is 15.6. The second-order valence-corrected chi connectivity index (χ2v) is 13.7. The Bertz CT molecular complexity index is 1490. The zero-order valence-electron chi connectivity index (χ0n) is 26.2. The maximum Gasteiger partial charge on any atom is 0.122 e. The number of rotatable bonds is 9. The molecule has 0 saturated heterocycles. The van der Waals surface area contributed by atoms with Crippen LogP contribution in [0.3, 0.4) is 0 Å². The second kappa shape index (κ2) is 11.8. The van der Waals surface area contributed by atoms with Crippen LogP contribution in [-0.4, -0.2) is 15.0 Å². The van der Waals surface area contributed by atoms with Crippen molar-refractivity contribution in [3.63, 3.8) is 0 Å². The number of fused-ring (bicyclic) bond motifs is 2. The van der Waals surface area contributed by atoms with Gasteiger partial charge in [0.1, 0.15) is 11.0 Å². The molecule has 0 atom stereocenters. The van der Waals surface area contributed by atoms with E-state index >= 15 is 0 Å². The molecule has 3 heteroatoms. The summed E-state index contributed by atoms with van der Waals surface area (Å²) < 4.78 is 0. The van der Waals surface area contributed by atoms with Crippen LogP contribution in [0.25, 0.3) is 44.1 Å². The topological polar surface area (TPSA) is 30.7 Å². The van der Waals surface area contributed by atoms with E-state index in [-0.39, 0.29) is 10.8 Å². The van der Waals surface area contributed by atoms with Gasteiger partial charge >= 0.3 is 0 Å². The van der Waals surface area contributed by atoms with Crippen LogP contribution in [0.15, 0.2) is 72.8 Å². The molecule has 0 aliphatic heterocycles. The van der Waals surface area contributed by atoms with Gasteiger partial charge in [-0.05, 0) is 50.3 Å². The van der Waals surface area contributed by atoms with E-state index in [2.05, 4.69) is 121 Å². The predicted molar refractivity (Wildman–Crippen MR) is 177 cm³/mol. The molecule has 0 unspecified atom stereocenters. The van der Waals surface area contributed by atoms with Crippen LogP contribution in [0, 0.1) is 0 Å². The summed E-state index contributed by atoms with van der Waals surface area (Å²) in [7, 11) is 0. The average Bonchev–Trinajstić information content (AvgIpc) is 3.36. The fraction of sp³-hybridized carbons (Fsp3) is 0.421. The first-order valence-corrected chi connectivity index (χ1v) is 15.6. The number of hydrogen-bond donors (Lipinski definition) is 0. The van der Waals surface area contributed by atoms with Gasteiger partial charge in [0.25, 0.3) is 0 Å². The third-order valence-electron chi connectivity index (χ3n) is 8.39. The summed E-state index contributed by atoms with van der Waals surface area (Å²) >= 11 is 0. The van der Waals surface area contributed by atoms with Gasteiger partial charge in [-0.15, -0.1) is 0 Å². The SMILES string of the molecule is CCCCCCCCn1nc2c(-c3ccc(C(C)(C)C)cc3)c3ccccc3c(-c3ccc(C(C)(C)C)cc3)c2n1. The lowest BCUT2D eigenvalue weighted by Crippen LogP contribution is -2.10. The summed E-state index contributed by atoms with van der Waals surface area (Å²) in [5.74, 6) is 0. The Kier molecular flexibility index (Phi) is 8.36. The van der Waals surface area contributed by atoms with E-state index in [1.165, 1.54) is 76.3 Å². The smallest absolute Gasteiger partial charge is 0.122 e. The van der Waals surface area contributed by atoms with E-state index in [9.17, 15) is 0 Å². The van der Waals surface area contributed by atoms with Crippen LogP contribution in [0.5, 0.6) is 0 Å². The van der Waals surface area contributed by atoms with Crippen molar-refractivity contribution in [2.75, 3.05) is 0 Å². The molecule has 0 amide bonds. The Morgan fingerprint density at radius 3 is 1.37 bits per heavy atom. The molecule has 41 heavy (non-hydrogen) atoms. The standard InChI is InChI=1S/C38H47N3/c1-8-9-10-11-12-15-26-41-39-35-33(27-18-22-29(23-19-27)37(2,3)4)31-16-13-14-17-32(31)34(36(35)40-41)28-20-24-30(25-21-28)38(5,6)7/h13-14,16-25H,8-12,15,26H2,1-7H3. The van der Waals surface area contributed by atoms with Gasteiger partial charge in [0.15, 0.2) is 0 Å². The molecular formula is C38H47N3. The minimum absolute atomic E-state index is 0.110. The third kappa shape index (κ3) is 6.25. The van der Waals surface area contributed by atoms with Crippen molar-refractivity contribution in [1.82, 2.24) is 15.0 Å². The number of benzene rings is 4. The van der Waals surface area contributed by atoms with Crippen LogP contribution >= 0.6 is 0 Å². The summed E-state index contributed by atoms with van der Waals surface area (Å²) in [6.07, 6.45) is 7.54. The zero-order valence-corrected chi connectivity index (χ0v) is 26.2. The first kappa shape index (κ1) is 29.0. The summed E-state index contributed by atoms with van der Waals surface area (Å²) in [6.45, 7) is 16.7. The lowest BCUT2D eigenvalue weighted by Gasteiger charge is -2.20. The lowest BCUT2D eigenvalue weighted by atomic mass is 9.84. The molecule has 5 rings (SSSR count). The normalized spacial score (nSPS) is 12.5. The van der Waals surface area contributed by atoms with Crippen LogP contribution in [0.2, 0.25) is 0 Å². The van der Waals surface area contributed by atoms with E-state index in [0.717, 1.165) is 24.0 Å². The highest BCUT2D eigenvalue weighted by atomic mass is 15.5. The molecule has 0 radical (unpaired) electrons. The van der Waals surface area contributed by atoms with Crippen molar-refractivity contribution >= 4 is 21.8 Å². The number of nitrogens with zero attached hydrogens (tertiary/aromatic N) is 3. The largest absolute Gasteiger partial charge is 0.184 e. The van der Waals surface area contributed by atoms with Gasteiger partial charge in [0, 0.05) is 11.1 Å². The number of aromatic nitrogens is 3. The fourth-order valence-electron chi connectivity index (χ4n) is 5.85. The Morgan fingerprint density at radius 1 is 0.537 bits per heavy atom. The molecule has 0 saturated carbocycles. The maximum atomic E-state index is 5.19. The number of unbranched alkanes of at least 4 members (excludes halogenated alkanes) is 5. The summed E-state index contributed by atoms with van der Waals surface area (Å²) in [6, 6.07) is 27.0. The van der Waals surface area contributed by atoms with Gasteiger partial charge in [-0.2, -0.15) is 15.0 Å². The van der Waals surface area contributed by atoms with Crippen molar-refractivity contribution in [3.8, 4) is 22.3 Å². The van der Waals surface area contributed by atoms with Crippen LogP contribution < -0.4 is 0 Å². The molecule has 3 nitrogen and oxygen atoms in total. The van der Waals surface area contributed by atoms with E-state index in [1.807, 2.05) is 4.80 Å². The monoisotopic (exact) mass is 545 g/mol. The summed E-state index contributed by atoms with van der Waals surface area (Å²) in [5, 5.41) is 12.8. The Morgan fingerprint density at radius 2 is 0.951 bits per heavy atom. The lowest BCUT2D eigenvalue weighted by molar-refractivity contribution is 0.488. The van der Waals surface area contributed by atoms with Crippen molar-refractivity contribution in [2.24, 2.45) is 0 Å². The maximum absolute atomic E-state index is 5.19. The Balaban J connectivity index is 1.68. The molecule has 214 valence electrons. The molecule has 0 aliphatic rings. The summed E-state index contributed by atoms with van der Waals surface area (Å²) in [4.78, 5) is 1.96. The third-order valence-corrected chi connectivity index (χ3v) is 8.39. The second-order valence-electron chi connectivity index (χ2n) is 13.7. The molecule has 0 fully saturated rings. The van der Waals surface area contributed by atoms with Crippen LogP contribution in [-0.2, 0) is 17.4 Å². The minimum Gasteiger partial charge on any atom is -0.184 e. The Labute approximate surface area is 247 Å². The van der Waals surface area contributed by atoms with E-state index in [1.54, 1.807) is 0 Å². The van der Waals surface area contributed by atoms with E-state index in [4.69, 9.17) is 10.2 Å². The highest BCUT2D eigenvalue weighted by Crippen LogP contribution is 2.43. The van der Waals surface area contributed by atoms with E-state index < -0.39 is 0 Å². The van der Waals surface area contributed by atoms with Crippen molar-refractivity contribution in [2.45, 2.75) is 104 Å². The first-order chi connectivity index (χ1) is 19.6. The van der Waals surface area contributed by atoms with Gasteiger partial charge < -0.3 is 0 Å². The van der Waals surface area contributed by atoms with Crippen molar-refractivity contribution in [3.05, 3.63) is 83.9 Å². The molecule has 4 aromatic carbocycles. The number of hydrogen-bond acceptors (Lipinski definition) is 2. The molecule has 1 heterocycles. The molecule has 0 spiro atoms. The highest BCUT2D eigenvalue weighted by Gasteiger charge is 2.22. The van der Waals surface area contributed by atoms with Gasteiger partial charge in [-0.1, -0.05) is 153 Å². The minimum atomic E-state index is 0.110. The van der Waals surface area contributed by atoms with Crippen molar-refractivity contribution < 1.29 is 0 Å². The van der Waals surface area contributed by atoms with Crippen LogP contribution in [0.4, 0.5) is 0 Å².